The molecule has 0 fully saturated rings. The van der Waals surface area contributed by atoms with Crippen molar-refractivity contribution in [2.24, 2.45) is 12.8 Å². The summed E-state index contributed by atoms with van der Waals surface area (Å²) in [7, 11) is 1.61. The number of aromatic nitrogens is 2. The Morgan fingerprint density at radius 2 is 2.16 bits per heavy atom. The molecule has 100 valence electrons. The van der Waals surface area contributed by atoms with Gasteiger partial charge in [-0.05, 0) is 6.07 Å². The smallest absolute Gasteiger partial charge is 0.274 e. The fourth-order valence-electron chi connectivity index (χ4n) is 1.37. The monoisotopic (exact) mass is 318 g/mol. The van der Waals surface area contributed by atoms with E-state index in [4.69, 9.17) is 28.9 Å². The second kappa shape index (κ2) is 5.20. The van der Waals surface area contributed by atoms with E-state index in [1.165, 1.54) is 16.8 Å². The van der Waals surface area contributed by atoms with Crippen LogP contribution < -0.4 is 11.1 Å². The molecule has 0 aliphatic heterocycles. The molecule has 0 saturated heterocycles. The molecule has 2 rings (SSSR count). The Morgan fingerprint density at radius 3 is 2.63 bits per heavy atom. The van der Waals surface area contributed by atoms with E-state index in [-0.39, 0.29) is 25.9 Å². The molecule has 6 nitrogen and oxygen atoms in total. The summed E-state index contributed by atoms with van der Waals surface area (Å²) >= 11 is 12.7. The van der Waals surface area contributed by atoms with Gasteiger partial charge in [-0.2, -0.15) is 0 Å². The van der Waals surface area contributed by atoms with Crippen LogP contribution in [0, 0.1) is 0 Å². The number of nitrogens with two attached hydrogens (primary N) is 1. The van der Waals surface area contributed by atoms with Crippen molar-refractivity contribution in [1.29, 1.82) is 0 Å². The number of rotatable bonds is 3. The van der Waals surface area contributed by atoms with Crippen molar-refractivity contribution in [3.05, 3.63) is 33.0 Å². The van der Waals surface area contributed by atoms with E-state index in [2.05, 4.69) is 10.3 Å². The number of amides is 2. The van der Waals surface area contributed by atoms with Gasteiger partial charge >= 0.3 is 0 Å². The number of nitrogens with one attached hydrogen (secondary N) is 1. The molecular weight excluding hydrogens is 311 g/mol. The van der Waals surface area contributed by atoms with Crippen LogP contribution in [0.15, 0.2) is 12.3 Å². The molecule has 3 N–H and O–H groups in total. The van der Waals surface area contributed by atoms with E-state index in [0.29, 0.717) is 0 Å². The van der Waals surface area contributed by atoms with Crippen molar-refractivity contribution in [2.45, 2.75) is 0 Å². The number of thiazole rings is 1. The van der Waals surface area contributed by atoms with E-state index in [9.17, 15) is 9.59 Å². The standard InChI is InChI=1S/C10H8Cl2N4O2S/c1-16-5(2-4(11)7(16)12)9(18)15-10-14-3-6(19-10)8(13)17/h2-3H,1H3,(H2,13,17)(H,14,15,18). The molecule has 0 bridgehead atoms. The maximum atomic E-state index is 12.0. The molecule has 0 unspecified atom stereocenters. The third-order valence-corrected chi connectivity index (χ3v) is 4.09. The predicted molar refractivity (Wildman–Crippen MR) is 74.0 cm³/mol. The van der Waals surface area contributed by atoms with Crippen LogP contribution in [0.5, 0.6) is 0 Å². The predicted octanol–water partition coefficient (Wildman–Crippen LogP) is 2.14. The Hall–Kier alpha value is -1.57. The average molecular weight is 319 g/mol. The molecule has 2 aromatic heterocycles. The summed E-state index contributed by atoms with van der Waals surface area (Å²) in [5.74, 6) is -1.02. The molecular formula is C10H8Cl2N4O2S. The highest BCUT2D eigenvalue weighted by atomic mass is 35.5. The Kier molecular flexibility index (Phi) is 3.79. The fourth-order valence-corrected chi connectivity index (χ4v) is 2.41. The van der Waals surface area contributed by atoms with Crippen molar-refractivity contribution >= 4 is 51.5 Å². The normalized spacial score (nSPS) is 10.5. The number of primary amides is 1. The molecule has 2 aromatic rings. The molecule has 0 radical (unpaired) electrons. The van der Waals surface area contributed by atoms with Crippen LogP contribution in [0.1, 0.15) is 20.2 Å². The SMILES string of the molecule is Cn1c(C(=O)Nc2ncc(C(N)=O)s2)cc(Cl)c1Cl. The molecule has 2 amide bonds. The van der Waals surface area contributed by atoms with E-state index in [1.807, 2.05) is 0 Å². The first-order valence-electron chi connectivity index (χ1n) is 4.98. The minimum atomic E-state index is -0.594. The van der Waals surface area contributed by atoms with Gasteiger partial charge in [0.05, 0.1) is 11.2 Å². The zero-order valence-corrected chi connectivity index (χ0v) is 11.9. The van der Waals surface area contributed by atoms with Crippen LogP contribution in [0.2, 0.25) is 10.2 Å². The second-order valence-electron chi connectivity index (χ2n) is 3.58. The van der Waals surface area contributed by atoms with Crippen molar-refractivity contribution in [3.8, 4) is 0 Å². The van der Waals surface area contributed by atoms with Crippen molar-refractivity contribution in [3.63, 3.8) is 0 Å². The van der Waals surface area contributed by atoms with Gasteiger partial charge in [-0.1, -0.05) is 34.5 Å². The Bertz CT molecular complexity index is 665. The van der Waals surface area contributed by atoms with Gasteiger partial charge in [-0.3, -0.25) is 14.9 Å². The number of carbonyl (C=O) groups is 2. The largest absolute Gasteiger partial charge is 0.365 e. The number of hydrogen-bond donors (Lipinski definition) is 2. The highest BCUT2D eigenvalue weighted by molar-refractivity contribution is 7.17. The van der Waals surface area contributed by atoms with Gasteiger partial charge in [-0.15, -0.1) is 0 Å². The van der Waals surface area contributed by atoms with Gasteiger partial charge in [0.1, 0.15) is 15.7 Å². The minimum absolute atomic E-state index is 0.262. The molecule has 0 spiro atoms. The Morgan fingerprint density at radius 1 is 1.47 bits per heavy atom. The molecule has 0 atom stereocenters. The van der Waals surface area contributed by atoms with E-state index in [0.717, 1.165) is 11.3 Å². The summed E-state index contributed by atoms with van der Waals surface area (Å²) in [6, 6.07) is 1.45. The van der Waals surface area contributed by atoms with Gasteiger partial charge < -0.3 is 10.3 Å². The van der Waals surface area contributed by atoms with Gasteiger partial charge in [0, 0.05) is 7.05 Å². The molecule has 0 aromatic carbocycles. The summed E-state index contributed by atoms with van der Waals surface area (Å²) in [5.41, 5.74) is 5.38. The van der Waals surface area contributed by atoms with Crippen LogP contribution in [0.4, 0.5) is 5.13 Å². The lowest BCUT2D eigenvalue weighted by molar-refractivity contribution is 0.0999. The number of anilines is 1. The molecule has 0 aliphatic carbocycles. The topological polar surface area (TPSA) is 90.0 Å². The second-order valence-corrected chi connectivity index (χ2v) is 5.37. The van der Waals surface area contributed by atoms with Crippen LogP contribution >= 0.6 is 34.5 Å². The lowest BCUT2D eigenvalue weighted by atomic mass is 10.4. The maximum Gasteiger partial charge on any atom is 0.274 e. The summed E-state index contributed by atoms with van der Waals surface area (Å²) in [5, 5.41) is 3.36. The van der Waals surface area contributed by atoms with Gasteiger partial charge in [0.15, 0.2) is 5.13 Å². The molecule has 19 heavy (non-hydrogen) atoms. The van der Waals surface area contributed by atoms with E-state index < -0.39 is 11.8 Å². The Balaban J connectivity index is 2.20. The zero-order valence-electron chi connectivity index (χ0n) is 9.61. The number of carbonyl (C=O) groups excluding carboxylic acids is 2. The fraction of sp³-hybridized carbons (Fsp3) is 0.100. The highest BCUT2D eigenvalue weighted by Gasteiger charge is 2.17. The van der Waals surface area contributed by atoms with Crippen molar-refractivity contribution < 1.29 is 9.59 Å². The van der Waals surface area contributed by atoms with Gasteiger partial charge in [0.25, 0.3) is 11.8 Å². The lowest BCUT2D eigenvalue weighted by Crippen LogP contribution is -2.15. The Labute approximate surface area is 122 Å². The molecule has 0 aliphatic rings. The van der Waals surface area contributed by atoms with Crippen LogP contribution in [-0.2, 0) is 7.05 Å². The highest BCUT2D eigenvalue weighted by Crippen LogP contribution is 2.26. The maximum absolute atomic E-state index is 12.0. The van der Waals surface area contributed by atoms with Crippen LogP contribution in [0.3, 0.4) is 0 Å². The van der Waals surface area contributed by atoms with E-state index in [1.54, 1.807) is 7.05 Å². The number of halogens is 2. The lowest BCUT2D eigenvalue weighted by Gasteiger charge is -2.03. The van der Waals surface area contributed by atoms with Crippen molar-refractivity contribution in [2.75, 3.05) is 5.32 Å². The summed E-state index contributed by atoms with van der Waals surface area (Å²) in [4.78, 5) is 27.0. The molecule has 9 heteroatoms. The number of hydrogen-bond acceptors (Lipinski definition) is 4. The first kappa shape index (κ1) is 13.9. The molecule has 0 saturated carbocycles. The third-order valence-electron chi connectivity index (χ3n) is 2.32. The van der Waals surface area contributed by atoms with Crippen molar-refractivity contribution in [1.82, 2.24) is 9.55 Å². The number of nitrogens with zero attached hydrogens (tertiary/aromatic N) is 2. The third kappa shape index (κ3) is 2.73. The molecule has 2 heterocycles. The average Bonchev–Trinajstić information content (AvgIpc) is 2.90. The summed E-state index contributed by atoms with van der Waals surface area (Å²) in [6.45, 7) is 0. The van der Waals surface area contributed by atoms with Gasteiger partial charge in [0.2, 0.25) is 0 Å². The first-order valence-corrected chi connectivity index (χ1v) is 6.55. The zero-order chi connectivity index (χ0) is 14.2. The van der Waals surface area contributed by atoms with E-state index >= 15 is 0 Å². The quantitative estimate of drug-likeness (QED) is 0.908. The van der Waals surface area contributed by atoms with Crippen LogP contribution in [-0.4, -0.2) is 21.4 Å². The summed E-state index contributed by atoms with van der Waals surface area (Å²) in [6.07, 6.45) is 1.30. The van der Waals surface area contributed by atoms with Crippen LogP contribution in [0.25, 0.3) is 0 Å². The first-order chi connectivity index (χ1) is 8.90. The summed E-state index contributed by atoms with van der Waals surface area (Å²) < 4.78 is 1.45. The van der Waals surface area contributed by atoms with Gasteiger partial charge in [-0.25, -0.2) is 4.98 Å². The minimum Gasteiger partial charge on any atom is -0.365 e.